The Morgan fingerprint density at radius 1 is 1.43 bits per heavy atom. The van der Waals surface area contributed by atoms with Gasteiger partial charge in [0.25, 0.3) is 0 Å². The van der Waals surface area contributed by atoms with E-state index in [0.29, 0.717) is 10.9 Å². The summed E-state index contributed by atoms with van der Waals surface area (Å²) in [5, 5.41) is 13.5. The Morgan fingerprint density at radius 3 is 2.81 bits per heavy atom. The SMILES string of the molecule is CC(C)(C)OC(=O)NCC(N)c1ccc2[nH]ccc2c1O. The number of aromatic nitrogens is 1. The van der Waals surface area contributed by atoms with Crippen LogP contribution in [-0.4, -0.2) is 28.3 Å². The number of phenolic OH excluding ortho intramolecular Hbond substituents is 1. The molecule has 6 heteroatoms. The van der Waals surface area contributed by atoms with E-state index in [0.717, 1.165) is 5.52 Å². The van der Waals surface area contributed by atoms with Crippen LogP contribution < -0.4 is 11.1 Å². The number of benzene rings is 1. The van der Waals surface area contributed by atoms with Crippen molar-refractivity contribution in [1.29, 1.82) is 0 Å². The van der Waals surface area contributed by atoms with E-state index in [1.807, 2.05) is 6.07 Å². The number of phenols is 1. The molecule has 5 N–H and O–H groups in total. The average Bonchev–Trinajstić information content (AvgIpc) is 2.83. The fourth-order valence-electron chi connectivity index (χ4n) is 2.05. The van der Waals surface area contributed by atoms with E-state index < -0.39 is 17.7 Å². The van der Waals surface area contributed by atoms with Crippen LogP contribution in [0.25, 0.3) is 10.9 Å². The van der Waals surface area contributed by atoms with Crippen molar-refractivity contribution in [2.75, 3.05) is 6.54 Å². The number of hydrogen-bond acceptors (Lipinski definition) is 4. The van der Waals surface area contributed by atoms with Crippen molar-refractivity contribution in [1.82, 2.24) is 10.3 Å². The number of nitrogens with two attached hydrogens (primary N) is 1. The minimum absolute atomic E-state index is 0.132. The van der Waals surface area contributed by atoms with Gasteiger partial charge in [0.15, 0.2) is 0 Å². The topological polar surface area (TPSA) is 100 Å². The van der Waals surface area contributed by atoms with Crippen molar-refractivity contribution >= 4 is 17.0 Å². The van der Waals surface area contributed by atoms with Gasteiger partial charge >= 0.3 is 6.09 Å². The Bertz CT molecular complexity index is 643. The maximum atomic E-state index is 11.6. The van der Waals surface area contributed by atoms with Crippen molar-refractivity contribution in [3.05, 3.63) is 30.0 Å². The molecule has 1 atom stereocenters. The molecular formula is C15H21N3O3. The van der Waals surface area contributed by atoms with Gasteiger partial charge in [-0.05, 0) is 32.9 Å². The molecule has 0 aliphatic heterocycles. The Hall–Kier alpha value is -2.21. The molecule has 0 bridgehead atoms. The first-order chi connectivity index (χ1) is 9.78. The van der Waals surface area contributed by atoms with E-state index in [4.69, 9.17) is 10.5 Å². The van der Waals surface area contributed by atoms with Crippen LogP contribution in [0.3, 0.4) is 0 Å². The number of carbonyl (C=O) groups excluding carboxylic acids is 1. The Morgan fingerprint density at radius 2 is 2.14 bits per heavy atom. The monoisotopic (exact) mass is 291 g/mol. The summed E-state index contributed by atoms with van der Waals surface area (Å²) in [4.78, 5) is 14.6. The molecule has 21 heavy (non-hydrogen) atoms. The highest BCUT2D eigenvalue weighted by Gasteiger charge is 2.18. The summed E-state index contributed by atoms with van der Waals surface area (Å²) >= 11 is 0. The van der Waals surface area contributed by atoms with Crippen LogP contribution in [-0.2, 0) is 4.74 Å². The lowest BCUT2D eigenvalue weighted by atomic mass is 10.0. The molecule has 2 rings (SSSR count). The van der Waals surface area contributed by atoms with E-state index in [-0.39, 0.29) is 12.3 Å². The molecule has 1 amide bonds. The number of hydrogen-bond donors (Lipinski definition) is 4. The smallest absolute Gasteiger partial charge is 0.407 e. The van der Waals surface area contributed by atoms with Crippen LogP contribution in [0.2, 0.25) is 0 Å². The molecule has 114 valence electrons. The van der Waals surface area contributed by atoms with Crippen molar-refractivity contribution in [3.8, 4) is 5.75 Å². The van der Waals surface area contributed by atoms with Crippen LogP contribution >= 0.6 is 0 Å². The molecule has 0 aliphatic carbocycles. The van der Waals surface area contributed by atoms with E-state index in [1.165, 1.54) is 0 Å². The number of nitrogens with one attached hydrogen (secondary N) is 2. The highest BCUT2D eigenvalue weighted by Crippen LogP contribution is 2.31. The van der Waals surface area contributed by atoms with Crippen LogP contribution in [0.1, 0.15) is 32.4 Å². The molecule has 6 nitrogen and oxygen atoms in total. The summed E-state index contributed by atoms with van der Waals surface area (Å²) in [7, 11) is 0. The van der Waals surface area contributed by atoms with E-state index in [2.05, 4.69) is 10.3 Å². The molecule has 0 radical (unpaired) electrons. The van der Waals surface area contributed by atoms with Gasteiger partial charge in [0.2, 0.25) is 0 Å². The molecule has 1 aromatic heterocycles. The Balaban J connectivity index is 2.03. The van der Waals surface area contributed by atoms with Gasteiger partial charge in [0.05, 0.1) is 6.04 Å². The summed E-state index contributed by atoms with van der Waals surface area (Å²) in [6.07, 6.45) is 1.22. The number of rotatable bonds is 3. The van der Waals surface area contributed by atoms with Crippen molar-refractivity contribution in [2.45, 2.75) is 32.4 Å². The van der Waals surface area contributed by atoms with Gasteiger partial charge in [-0.2, -0.15) is 0 Å². The number of carbonyl (C=O) groups is 1. The van der Waals surface area contributed by atoms with Gasteiger partial charge in [-0.1, -0.05) is 6.07 Å². The molecule has 2 aromatic rings. The largest absolute Gasteiger partial charge is 0.507 e. The Labute approximate surface area is 123 Å². The van der Waals surface area contributed by atoms with Crippen LogP contribution in [0, 0.1) is 0 Å². The number of aromatic amines is 1. The maximum absolute atomic E-state index is 11.6. The molecule has 0 aliphatic rings. The minimum Gasteiger partial charge on any atom is -0.507 e. The lowest BCUT2D eigenvalue weighted by molar-refractivity contribution is 0.0524. The number of amides is 1. The zero-order valence-corrected chi connectivity index (χ0v) is 12.4. The first kappa shape index (κ1) is 15.2. The van der Waals surface area contributed by atoms with Crippen LogP contribution in [0.15, 0.2) is 24.4 Å². The van der Waals surface area contributed by atoms with Gasteiger partial charge in [-0.15, -0.1) is 0 Å². The highest BCUT2D eigenvalue weighted by atomic mass is 16.6. The van der Waals surface area contributed by atoms with Gasteiger partial charge in [0, 0.05) is 29.2 Å². The van der Waals surface area contributed by atoms with Gasteiger partial charge in [0.1, 0.15) is 11.4 Å². The summed E-state index contributed by atoms with van der Waals surface area (Å²) in [5.74, 6) is 0.132. The molecule has 0 saturated heterocycles. The van der Waals surface area contributed by atoms with Crippen molar-refractivity contribution in [2.24, 2.45) is 5.73 Å². The summed E-state index contributed by atoms with van der Waals surface area (Å²) in [6, 6.07) is 4.85. The lowest BCUT2D eigenvalue weighted by Crippen LogP contribution is -2.36. The second-order valence-corrected chi connectivity index (χ2v) is 5.93. The van der Waals surface area contributed by atoms with E-state index >= 15 is 0 Å². The second-order valence-electron chi connectivity index (χ2n) is 5.93. The first-order valence-electron chi connectivity index (χ1n) is 6.79. The number of ether oxygens (including phenoxy) is 1. The summed E-state index contributed by atoms with van der Waals surface area (Å²) < 4.78 is 5.14. The molecule has 0 spiro atoms. The molecule has 0 fully saturated rings. The third-order valence-corrected chi connectivity index (χ3v) is 3.00. The molecule has 1 aromatic carbocycles. The summed E-state index contributed by atoms with van der Waals surface area (Å²) in [6.45, 7) is 5.55. The predicted molar refractivity (Wildman–Crippen MR) is 81.1 cm³/mol. The number of fused-ring (bicyclic) bond motifs is 1. The van der Waals surface area contributed by atoms with Crippen molar-refractivity contribution in [3.63, 3.8) is 0 Å². The lowest BCUT2D eigenvalue weighted by Gasteiger charge is -2.21. The van der Waals surface area contributed by atoms with Crippen molar-refractivity contribution < 1.29 is 14.6 Å². The zero-order valence-electron chi connectivity index (χ0n) is 12.4. The zero-order chi connectivity index (χ0) is 15.6. The predicted octanol–water partition coefficient (Wildman–Crippen LogP) is 2.40. The molecular weight excluding hydrogens is 270 g/mol. The normalized spacial score (nSPS) is 13.1. The Kier molecular flexibility index (Phi) is 4.09. The van der Waals surface area contributed by atoms with Crippen LogP contribution in [0.5, 0.6) is 5.75 Å². The maximum Gasteiger partial charge on any atom is 0.407 e. The number of aromatic hydroxyl groups is 1. The second kappa shape index (κ2) is 5.65. The fraction of sp³-hybridized carbons (Fsp3) is 0.400. The standard InChI is InChI=1S/C15H21N3O3/c1-15(2,3)21-14(20)18-8-11(16)9-4-5-12-10(13(9)19)6-7-17-12/h4-7,11,17,19H,8,16H2,1-3H3,(H,18,20). The fourth-order valence-corrected chi connectivity index (χ4v) is 2.05. The molecule has 1 unspecified atom stereocenters. The number of H-pyrrole nitrogens is 1. The van der Waals surface area contributed by atoms with Crippen LogP contribution in [0.4, 0.5) is 4.79 Å². The molecule has 0 saturated carbocycles. The highest BCUT2D eigenvalue weighted by molar-refractivity contribution is 5.87. The van der Waals surface area contributed by atoms with E-state index in [9.17, 15) is 9.90 Å². The third-order valence-electron chi connectivity index (χ3n) is 3.00. The number of alkyl carbamates (subject to hydrolysis) is 1. The third kappa shape index (κ3) is 3.66. The quantitative estimate of drug-likeness (QED) is 0.697. The van der Waals surface area contributed by atoms with E-state index in [1.54, 1.807) is 39.1 Å². The van der Waals surface area contributed by atoms with Gasteiger partial charge in [-0.25, -0.2) is 4.79 Å². The first-order valence-corrected chi connectivity index (χ1v) is 6.79. The average molecular weight is 291 g/mol. The molecule has 1 heterocycles. The van der Waals surface area contributed by atoms with Gasteiger partial charge in [-0.3, -0.25) is 0 Å². The minimum atomic E-state index is -0.555. The van der Waals surface area contributed by atoms with Gasteiger partial charge < -0.3 is 25.9 Å². The summed E-state index contributed by atoms with van der Waals surface area (Å²) in [5.41, 5.74) is 6.89.